The molecule has 0 aliphatic heterocycles. The van der Waals surface area contributed by atoms with Crippen LogP contribution in [0.2, 0.25) is 0 Å². The van der Waals surface area contributed by atoms with Gasteiger partial charge in [-0.15, -0.1) is 0 Å². The Morgan fingerprint density at radius 3 is 2.60 bits per heavy atom. The number of unbranched alkanes of at least 4 members (excludes halogenated alkanes) is 1. The summed E-state index contributed by atoms with van der Waals surface area (Å²) in [6.45, 7) is 11.3. The monoisotopic (exact) mass is 272 g/mol. The van der Waals surface area contributed by atoms with Crippen molar-refractivity contribution in [1.82, 2.24) is 0 Å². The second-order valence-electron chi connectivity index (χ2n) is 6.20. The second kappa shape index (κ2) is 9.00. The maximum Gasteiger partial charge on any atom is -0.0257 e. The van der Waals surface area contributed by atoms with E-state index >= 15 is 0 Å². The lowest BCUT2D eigenvalue weighted by Crippen LogP contribution is -2.00. The normalized spacial score (nSPS) is 19.7. The largest absolute Gasteiger partial charge is 0.0874 e. The molecule has 1 aliphatic rings. The zero-order chi connectivity index (χ0) is 15.0. The van der Waals surface area contributed by atoms with Crippen molar-refractivity contribution >= 4 is 0 Å². The molecule has 1 rings (SSSR count). The highest BCUT2D eigenvalue weighted by Gasteiger charge is 2.11. The first kappa shape index (κ1) is 17.0. The molecule has 0 amide bonds. The van der Waals surface area contributed by atoms with Gasteiger partial charge in [-0.1, -0.05) is 57.1 Å². The highest BCUT2D eigenvalue weighted by atomic mass is 14.2. The molecule has 0 aromatic carbocycles. The quantitative estimate of drug-likeness (QED) is 0.501. The highest BCUT2D eigenvalue weighted by Crippen LogP contribution is 2.30. The zero-order valence-corrected chi connectivity index (χ0v) is 14.1. The van der Waals surface area contributed by atoms with Crippen molar-refractivity contribution < 1.29 is 0 Å². The van der Waals surface area contributed by atoms with Gasteiger partial charge in [0.25, 0.3) is 0 Å². The van der Waals surface area contributed by atoms with Gasteiger partial charge in [-0.05, 0) is 68.6 Å². The summed E-state index contributed by atoms with van der Waals surface area (Å²) < 4.78 is 0. The Morgan fingerprint density at radius 1 is 1.25 bits per heavy atom. The fraction of sp³-hybridized carbons (Fsp3) is 0.600. The Labute approximate surface area is 126 Å². The fourth-order valence-electron chi connectivity index (χ4n) is 2.82. The Morgan fingerprint density at radius 2 is 2.00 bits per heavy atom. The van der Waals surface area contributed by atoms with Crippen LogP contribution >= 0.6 is 0 Å². The van der Waals surface area contributed by atoms with Crippen LogP contribution < -0.4 is 0 Å². The Balaban J connectivity index is 2.93. The van der Waals surface area contributed by atoms with Crippen molar-refractivity contribution in [3.63, 3.8) is 0 Å². The van der Waals surface area contributed by atoms with Crippen LogP contribution in [0.15, 0.2) is 46.6 Å². The van der Waals surface area contributed by atoms with Gasteiger partial charge in [-0.25, -0.2) is 0 Å². The topological polar surface area (TPSA) is 0 Å². The molecule has 0 aromatic rings. The smallest absolute Gasteiger partial charge is 0.0257 e. The van der Waals surface area contributed by atoms with Crippen molar-refractivity contribution in [3.05, 3.63) is 46.6 Å². The lowest BCUT2D eigenvalue weighted by Gasteiger charge is -2.19. The van der Waals surface area contributed by atoms with Crippen molar-refractivity contribution in [1.29, 1.82) is 0 Å². The average molecular weight is 272 g/mol. The van der Waals surface area contributed by atoms with Crippen LogP contribution in [0.1, 0.15) is 73.1 Å². The molecule has 0 atom stereocenters. The van der Waals surface area contributed by atoms with E-state index in [-0.39, 0.29) is 0 Å². The zero-order valence-electron chi connectivity index (χ0n) is 14.1. The first-order valence-electron chi connectivity index (χ1n) is 8.32. The van der Waals surface area contributed by atoms with Crippen molar-refractivity contribution in [2.75, 3.05) is 0 Å². The molecule has 0 fully saturated rings. The number of rotatable bonds is 6. The van der Waals surface area contributed by atoms with E-state index < -0.39 is 0 Å². The molecular weight excluding hydrogens is 240 g/mol. The van der Waals surface area contributed by atoms with E-state index in [1.54, 1.807) is 11.1 Å². The van der Waals surface area contributed by atoms with Crippen molar-refractivity contribution in [2.45, 2.75) is 73.1 Å². The summed E-state index contributed by atoms with van der Waals surface area (Å²) >= 11 is 0. The molecule has 112 valence electrons. The third kappa shape index (κ3) is 5.15. The van der Waals surface area contributed by atoms with E-state index in [2.05, 4.69) is 58.9 Å². The van der Waals surface area contributed by atoms with E-state index in [1.165, 1.54) is 49.7 Å². The number of allylic oxidation sites excluding steroid dienone is 8. The summed E-state index contributed by atoms with van der Waals surface area (Å²) in [5.74, 6) is 0.668. The summed E-state index contributed by atoms with van der Waals surface area (Å²) in [6, 6.07) is 0. The van der Waals surface area contributed by atoms with Crippen LogP contribution in [0.25, 0.3) is 0 Å². The molecule has 0 N–H and O–H groups in total. The minimum atomic E-state index is 0.668. The average Bonchev–Trinajstić information content (AvgIpc) is 2.42. The predicted molar refractivity (Wildman–Crippen MR) is 91.9 cm³/mol. The van der Waals surface area contributed by atoms with Gasteiger partial charge in [0.15, 0.2) is 0 Å². The van der Waals surface area contributed by atoms with E-state index in [9.17, 15) is 0 Å². The van der Waals surface area contributed by atoms with Crippen molar-refractivity contribution in [3.8, 4) is 0 Å². The standard InChI is InChI=1S/C20H32/c1-6-8-11-18(16(3)4)14-15-20-13-9-12-19(10-7-2)17(20)5/h7,10,14-16H,6,8-9,11-13H2,1-5H3/b10-7+,18-14-,20-15+. The van der Waals surface area contributed by atoms with Crippen LogP contribution in [-0.4, -0.2) is 0 Å². The first-order valence-corrected chi connectivity index (χ1v) is 8.32. The number of hydrogen-bond acceptors (Lipinski definition) is 0. The molecule has 0 radical (unpaired) electrons. The molecular formula is C20H32. The van der Waals surface area contributed by atoms with Gasteiger partial charge in [0.05, 0.1) is 0 Å². The molecule has 0 heteroatoms. The lowest BCUT2D eigenvalue weighted by molar-refractivity contribution is 0.673. The molecule has 0 nitrogen and oxygen atoms in total. The van der Waals surface area contributed by atoms with Crippen LogP contribution in [0.4, 0.5) is 0 Å². The molecule has 0 bridgehead atoms. The van der Waals surface area contributed by atoms with Gasteiger partial charge in [0.1, 0.15) is 0 Å². The molecule has 0 saturated carbocycles. The SMILES string of the molecule is C/C=C/C1=C(C)C(=C/C=C(/CCCC)C(C)C)/CCC1. The molecule has 0 saturated heterocycles. The molecule has 1 aliphatic carbocycles. The van der Waals surface area contributed by atoms with Gasteiger partial charge < -0.3 is 0 Å². The Kier molecular flexibility index (Phi) is 7.65. The lowest BCUT2D eigenvalue weighted by atomic mass is 9.87. The van der Waals surface area contributed by atoms with Crippen LogP contribution in [-0.2, 0) is 0 Å². The first-order chi connectivity index (χ1) is 9.60. The summed E-state index contributed by atoms with van der Waals surface area (Å²) in [7, 11) is 0. The minimum absolute atomic E-state index is 0.668. The van der Waals surface area contributed by atoms with E-state index in [0.717, 1.165) is 0 Å². The maximum absolute atomic E-state index is 2.40. The third-order valence-electron chi connectivity index (χ3n) is 4.28. The van der Waals surface area contributed by atoms with Gasteiger partial charge in [-0.3, -0.25) is 0 Å². The highest BCUT2D eigenvalue weighted by molar-refractivity contribution is 5.43. The Bertz CT molecular complexity index is 413. The summed E-state index contributed by atoms with van der Waals surface area (Å²) in [5.41, 5.74) is 6.17. The summed E-state index contributed by atoms with van der Waals surface area (Å²) in [4.78, 5) is 0. The van der Waals surface area contributed by atoms with E-state index in [4.69, 9.17) is 0 Å². The minimum Gasteiger partial charge on any atom is -0.0874 e. The Hall–Kier alpha value is -1.04. The summed E-state index contributed by atoms with van der Waals surface area (Å²) in [5, 5.41) is 0. The molecule has 20 heavy (non-hydrogen) atoms. The van der Waals surface area contributed by atoms with Gasteiger partial charge in [-0.2, -0.15) is 0 Å². The van der Waals surface area contributed by atoms with Gasteiger partial charge >= 0.3 is 0 Å². The molecule has 0 spiro atoms. The maximum atomic E-state index is 2.40. The van der Waals surface area contributed by atoms with E-state index in [1.807, 2.05) is 0 Å². The van der Waals surface area contributed by atoms with Gasteiger partial charge in [0, 0.05) is 0 Å². The number of hydrogen-bond donors (Lipinski definition) is 0. The molecule has 0 unspecified atom stereocenters. The second-order valence-corrected chi connectivity index (χ2v) is 6.20. The molecule has 0 aromatic heterocycles. The fourth-order valence-corrected chi connectivity index (χ4v) is 2.82. The van der Waals surface area contributed by atoms with Crippen LogP contribution in [0.3, 0.4) is 0 Å². The third-order valence-corrected chi connectivity index (χ3v) is 4.28. The van der Waals surface area contributed by atoms with E-state index in [0.29, 0.717) is 5.92 Å². The van der Waals surface area contributed by atoms with Crippen molar-refractivity contribution in [2.24, 2.45) is 5.92 Å². The predicted octanol–water partition coefficient (Wildman–Crippen LogP) is 6.76. The summed E-state index contributed by atoms with van der Waals surface area (Å²) in [6.07, 6.45) is 16.9. The molecule has 0 heterocycles. The van der Waals surface area contributed by atoms with Gasteiger partial charge in [0.2, 0.25) is 0 Å². The van der Waals surface area contributed by atoms with Crippen LogP contribution in [0, 0.1) is 5.92 Å². The van der Waals surface area contributed by atoms with Crippen LogP contribution in [0.5, 0.6) is 0 Å².